The van der Waals surface area contributed by atoms with Gasteiger partial charge in [0.15, 0.2) is 0 Å². The number of rotatable bonds is 6. The Balaban J connectivity index is 1.39. The molecule has 28 heavy (non-hydrogen) atoms. The van der Waals surface area contributed by atoms with Crippen molar-refractivity contribution in [3.05, 3.63) is 72.1 Å². The monoisotopic (exact) mass is 392 g/mol. The average Bonchev–Trinajstić information content (AvgIpc) is 3.41. The number of pyridine rings is 1. The molecule has 1 amide bonds. The topological polar surface area (TPSA) is 111 Å². The van der Waals surface area contributed by atoms with Crippen LogP contribution in [0.3, 0.4) is 0 Å². The molecule has 0 aliphatic rings. The molecule has 0 unspecified atom stereocenters. The van der Waals surface area contributed by atoms with E-state index in [9.17, 15) is 4.79 Å². The van der Waals surface area contributed by atoms with Crippen LogP contribution in [0.25, 0.3) is 5.13 Å². The highest BCUT2D eigenvalue weighted by Crippen LogP contribution is 2.17. The van der Waals surface area contributed by atoms with Crippen molar-refractivity contribution in [3.8, 4) is 5.13 Å². The SMILES string of the molecule is C[C@H](Nc1ccc(C(=O)Nc2cnn(-c3nccs3)c2)cn1)c1cnccn1. The molecule has 0 saturated heterocycles. The lowest BCUT2D eigenvalue weighted by Crippen LogP contribution is -2.13. The largest absolute Gasteiger partial charge is 0.362 e. The number of anilines is 2. The van der Waals surface area contributed by atoms with Crippen molar-refractivity contribution in [1.82, 2.24) is 29.7 Å². The Kier molecular flexibility index (Phi) is 5.02. The first-order valence-electron chi connectivity index (χ1n) is 8.43. The molecule has 0 radical (unpaired) electrons. The van der Waals surface area contributed by atoms with Gasteiger partial charge in [-0.2, -0.15) is 5.10 Å². The molecule has 0 aliphatic carbocycles. The third-order valence-electron chi connectivity index (χ3n) is 3.87. The Morgan fingerprint density at radius 3 is 2.75 bits per heavy atom. The summed E-state index contributed by atoms with van der Waals surface area (Å²) in [6, 6.07) is 3.40. The average molecular weight is 392 g/mol. The number of carbonyl (C=O) groups is 1. The van der Waals surface area contributed by atoms with Crippen molar-refractivity contribution >= 4 is 28.7 Å². The van der Waals surface area contributed by atoms with E-state index in [1.54, 1.807) is 54.0 Å². The standard InChI is InChI=1S/C18H16N8OS/c1-12(15-10-19-4-5-20-15)24-16-3-2-13(8-22-16)17(27)25-14-9-23-26(11-14)18-21-6-7-28-18/h2-12H,1H3,(H,22,24)(H,25,27)/t12-/m0/s1. The van der Waals surface area contributed by atoms with E-state index in [4.69, 9.17) is 0 Å². The second kappa shape index (κ2) is 7.92. The van der Waals surface area contributed by atoms with Gasteiger partial charge in [0.05, 0.1) is 41.6 Å². The van der Waals surface area contributed by atoms with Crippen molar-refractivity contribution in [2.45, 2.75) is 13.0 Å². The summed E-state index contributed by atoms with van der Waals surface area (Å²) < 4.78 is 1.61. The van der Waals surface area contributed by atoms with Crippen LogP contribution in [0.15, 0.2) is 60.9 Å². The smallest absolute Gasteiger partial charge is 0.257 e. The maximum Gasteiger partial charge on any atom is 0.257 e. The number of nitrogens with one attached hydrogen (secondary N) is 2. The van der Waals surface area contributed by atoms with Gasteiger partial charge < -0.3 is 10.6 Å². The number of amides is 1. The van der Waals surface area contributed by atoms with Crippen LogP contribution >= 0.6 is 11.3 Å². The molecule has 4 aromatic rings. The van der Waals surface area contributed by atoms with E-state index in [0.717, 1.165) is 10.8 Å². The lowest BCUT2D eigenvalue weighted by atomic mass is 10.2. The predicted molar refractivity (Wildman–Crippen MR) is 105 cm³/mol. The first-order chi connectivity index (χ1) is 13.7. The molecule has 140 valence electrons. The number of thiazole rings is 1. The van der Waals surface area contributed by atoms with Crippen LogP contribution in [-0.2, 0) is 0 Å². The summed E-state index contributed by atoms with van der Waals surface area (Å²) in [7, 11) is 0. The minimum Gasteiger partial charge on any atom is -0.362 e. The fraction of sp³-hybridized carbons (Fsp3) is 0.111. The first kappa shape index (κ1) is 17.7. The number of aromatic nitrogens is 6. The third kappa shape index (κ3) is 4.01. The Labute approximate surface area is 164 Å². The Morgan fingerprint density at radius 1 is 1.11 bits per heavy atom. The van der Waals surface area contributed by atoms with Crippen LogP contribution in [0.4, 0.5) is 11.5 Å². The Morgan fingerprint density at radius 2 is 2.04 bits per heavy atom. The summed E-state index contributed by atoms with van der Waals surface area (Å²) in [5.74, 6) is 0.381. The fourth-order valence-corrected chi connectivity index (χ4v) is 3.04. The van der Waals surface area contributed by atoms with E-state index in [1.807, 2.05) is 12.3 Å². The van der Waals surface area contributed by atoms with Gasteiger partial charge in [-0.05, 0) is 19.1 Å². The van der Waals surface area contributed by atoms with Gasteiger partial charge in [-0.15, -0.1) is 11.3 Å². The van der Waals surface area contributed by atoms with Crippen LogP contribution in [0.1, 0.15) is 29.0 Å². The summed E-state index contributed by atoms with van der Waals surface area (Å²) in [4.78, 5) is 29.2. The quantitative estimate of drug-likeness (QED) is 0.519. The minimum absolute atomic E-state index is 0.0578. The van der Waals surface area contributed by atoms with Gasteiger partial charge in [-0.25, -0.2) is 14.6 Å². The van der Waals surface area contributed by atoms with Crippen molar-refractivity contribution in [2.75, 3.05) is 10.6 Å². The molecule has 0 saturated carbocycles. The third-order valence-corrected chi connectivity index (χ3v) is 4.63. The Hall–Kier alpha value is -3.66. The molecule has 2 N–H and O–H groups in total. The van der Waals surface area contributed by atoms with E-state index >= 15 is 0 Å². The highest BCUT2D eigenvalue weighted by molar-refractivity contribution is 7.12. The van der Waals surface area contributed by atoms with Crippen LogP contribution in [-0.4, -0.2) is 35.6 Å². The molecule has 0 fully saturated rings. The van der Waals surface area contributed by atoms with E-state index in [-0.39, 0.29) is 11.9 Å². The van der Waals surface area contributed by atoms with Gasteiger partial charge in [0.2, 0.25) is 5.13 Å². The van der Waals surface area contributed by atoms with Crippen LogP contribution in [0.5, 0.6) is 0 Å². The highest BCUT2D eigenvalue weighted by atomic mass is 32.1. The summed E-state index contributed by atoms with van der Waals surface area (Å²) in [5.41, 5.74) is 1.83. The van der Waals surface area contributed by atoms with Crippen molar-refractivity contribution in [1.29, 1.82) is 0 Å². The first-order valence-corrected chi connectivity index (χ1v) is 9.31. The molecule has 0 aromatic carbocycles. The number of hydrogen-bond donors (Lipinski definition) is 2. The lowest BCUT2D eigenvalue weighted by Gasteiger charge is -2.13. The molecule has 1 atom stereocenters. The predicted octanol–water partition coefficient (Wildman–Crippen LogP) is 2.94. The summed E-state index contributed by atoms with van der Waals surface area (Å²) in [6.45, 7) is 1.96. The van der Waals surface area contributed by atoms with E-state index in [1.165, 1.54) is 17.5 Å². The van der Waals surface area contributed by atoms with Crippen LogP contribution in [0.2, 0.25) is 0 Å². The van der Waals surface area contributed by atoms with Crippen molar-refractivity contribution in [3.63, 3.8) is 0 Å². The van der Waals surface area contributed by atoms with E-state index in [0.29, 0.717) is 17.1 Å². The number of carbonyl (C=O) groups excluding carboxylic acids is 1. The van der Waals surface area contributed by atoms with Gasteiger partial charge in [0, 0.05) is 30.2 Å². The van der Waals surface area contributed by atoms with Crippen molar-refractivity contribution in [2.24, 2.45) is 0 Å². The zero-order valence-corrected chi connectivity index (χ0v) is 15.7. The maximum atomic E-state index is 12.4. The zero-order chi connectivity index (χ0) is 19.3. The van der Waals surface area contributed by atoms with Gasteiger partial charge in [0.25, 0.3) is 5.91 Å². The fourth-order valence-electron chi connectivity index (χ4n) is 2.47. The second-order valence-electron chi connectivity index (χ2n) is 5.87. The van der Waals surface area contributed by atoms with E-state index in [2.05, 4.69) is 35.7 Å². The lowest BCUT2D eigenvalue weighted by molar-refractivity contribution is 0.102. The molecule has 4 aromatic heterocycles. The van der Waals surface area contributed by atoms with Gasteiger partial charge in [-0.1, -0.05) is 0 Å². The summed E-state index contributed by atoms with van der Waals surface area (Å²) in [5, 5.41) is 12.8. The zero-order valence-electron chi connectivity index (χ0n) is 14.9. The van der Waals surface area contributed by atoms with E-state index < -0.39 is 0 Å². The van der Waals surface area contributed by atoms with Gasteiger partial charge >= 0.3 is 0 Å². The van der Waals surface area contributed by atoms with Crippen LogP contribution in [0, 0.1) is 0 Å². The molecule has 9 nitrogen and oxygen atoms in total. The molecule has 4 rings (SSSR count). The highest BCUT2D eigenvalue weighted by Gasteiger charge is 2.11. The molecular weight excluding hydrogens is 376 g/mol. The summed E-state index contributed by atoms with van der Waals surface area (Å²) in [6.07, 6.45) is 11.5. The molecule has 4 heterocycles. The molecule has 0 bridgehead atoms. The summed E-state index contributed by atoms with van der Waals surface area (Å²) >= 11 is 1.46. The van der Waals surface area contributed by atoms with Gasteiger partial charge in [0.1, 0.15) is 5.82 Å². The van der Waals surface area contributed by atoms with Crippen LogP contribution < -0.4 is 10.6 Å². The van der Waals surface area contributed by atoms with Crippen molar-refractivity contribution < 1.29 is 4.79 Å². The molecule has 10 heteroatoms. The minimum atomic E-state index is -0.264. The second-order valence-corrected chi connectivity index (χ2v) is 6.74. The Bertz CT molecular complexity index is 1050. The molecular formula is C18H16N8OS. The molecule has 0 aliphatic heterocycles. The maximum absolute atomic E-state index is 12.4. The number of nitrogens with zero attached hydrogens (tertiary/aromatic N) is 6. The number of hydrogen-bond acceptors (Lipinski definition) is 8. The molecule has 0 spiro atoms. The van der Waals surface area contributed by atoms with Gasteiger partial charge in [-0.3, -0.25) is 14.8 Å². The normalized spacial score (nSPS) is 11.8.